The molecule has 1 N–H and O–H groups in total. The Balaban J connectivity index is 2.15. The van der Waals surface area contributed by atoms with E-state index in [4.69, 9.17) is 4.74 Å². The van der Waals surface area contributed by atoms with Crippen LogP contribution < -0.4 is 5.32 Å². The molecule has 1 saturated carbocycles. The van der Waals surface area contributed by atoms with E-state index in [0.29, 0.717) is 6.04 Å². The summed E-state index contributed by atoms with van der Waals surface area (Å²) in [5.74, 6) is 1.96. The highest BCUT2D eigenvalue weighted by Gasteiger charge is 2.41. The zero-order valence-corrected chi connectivity index (χ0v) is 13.4. The summed E-state index contributed by atoms with van der Waals surface area (Å²) in [5, 5.41) is 3.65. The zero-order valence-electron chi connectivity index (χ0n) is 13.4. The summed E-state index contributed by atoms with van der Waals surface area (Å²) < 4.78 is 8.14. The van der Waals surface area contributed by atoms with E-state index < -0.39 is 0 Å². The lowest BCUT2D eigenvalue weighted by Gasteiger charge is -2.44. The Morgan fingerprint density at radius 3 is 2.70 bits per heavy atom. The molecule has 0 amide bonds. The first kappa shape index (κ1) is 15.5. The maximum atomic E-state index is 6.03. The van der Waals surface area contributed by atoms with Crippen LogP contribution in [0.2, 0.25) is 0 Å². The van der Waals surface area contributed by atoms with Crippen LogP contribution >= 0.6 is 0 Å². The van der Waals surface area contributed by atoms with Crippen LogP contribution in [-0.4, -0.2) is 34.8 Å². The molecule has 4 heteroatoms. The molecule has 20 heavy (non-hydrogen) atoms. The van der Waals surface area contributed by atoms with Crippen molar-refractivity contribution in [2.24, 2.45) is 13.0 Å². The van der Waals surface area contributed by atoms with Crippen LogP contribution in [0.3, 0.4) is 0 Å². The van der Waals surface area contributed by atoms with Crippen LogP contribution in [0.15, 0.2) is 12.4 Å². The molecule has 4 nitrogen and oxygen atoms in total. The Morgan fingerprint density at radius 2 is 2.20 bits per heavy atom. The fraction of sp³-hybridized carbons (Fsp3) is 0.812. The number of hydrogen-bond donors (Lipinski definition) is 1. The molecule has 0 saturated heterocycles. The topological polar surface area (TPSA) is 39.1 Å². The molecule has 1 unspecified atom stereocenters. The SMILES string of the molecule is CCNC(Cc1nccn1C)C1(OC)CCC(C)CC1. The summed E-state index contributed by atoms with van der Waals surface area (Å²) in [6, 6.07) is 0.339. The third-order valence-electron chi connectivity index (χ3n) is 4.92. The molecule has 1 heterocycles. The smallest absolute Gasteiger partial charge is 0.110 e. The van der Waals surface area contributed by atoms with Gasteiger partial charge in [0.15, 0.2) is 0 Å². The van der Waals surface area contributed by atoms with E-state index in [1.165, 1.54) is 12.8 Å². The number of likely N-dealkylation sites (N-methyl/N-ethyl adjacent to an activating group) is 1. The minimum absolute atomic E-state index is 0.0333. The van der Waals surface area contributed by atoms with Gasteiger partial charge in [0, 0.05) is 39.0 Å². The Hall–Kier alpha value is -0.870. The highest BCUT2D eigenvalue weighted by molar-refractivity contribution is 5.03. The van der Waals surface area contributed by atoms with E-state index in [9.17, 15) is 0 Å². The van der Waals surface area contributed by atoms with Gasteiger partial charge in [0.1, 0.15) is 5.82 Å². The summed E-state index contributed by atoms with van der Waals surface area (Å²) in [6.07, 6.45) is 9.63. The maximum Gasteiger partial charge on any atom is 0.110 e. The van der Waals surface area contributed by atoms with Gasteiger partial charge in [-0.15, -0.1) is 0 Å². The van der Waals surface area contributed by atoms with Crippen molar-refractivity contribution in [1.29, 1.82) is 0 Å². The average Bonchev–Trinajstić information content (AvgIpc) is 2.85. The third-order valence-corrected chi connectivity index (χ3v) is 4.92. The zero-order chi connectivity index (χ0) is 14.6. The predicted octanol–water partition coefficient (Wildman–Crippen LogP) is 2.54. The number of nitrogens with zero attached hydrogens (tertiary/aromatic N) is 2. The number of hydrogen-bond acceptors (Lipinski definition) is 3. The number of methoxy groups -OCH3 is 1. The van der Waals surface area contributed by atoms with Gasteiger partial charge in [-0.1, -0.05) is 13.8 Å². The molecular weight excluding hydrogens is 250 g/mol. The molecule has 1 aromatic rings. The Kier molecular flexibility index (Phi) is 5.22. The van der Waals surface area contributed by atoms with Gasteiger partial charge in [-0.3, -0.25) is 0 Å². The van der Waals surface area contributed by atoms with Crippen LogP contribution in [0.25, 0.3) is 0 Å². The van der Waals surface area contributed by atoms with E-state index >= 15 is 0 Å². The second kappa shape index (κ2) is 6.72. The molecule has 0 radical (unpaired) electrons. The third kappa shape index (κ3) is 3.23. The molecular formula is C16H29N3O. The van der Waals surface area contributed by atoms with Crippen LogP contribution in [0, 0.1) is 5.92 Å². The number of imidazole rings is 1. The summed E-state index contributed by atoms with van der Waals surface area (Å²) in [6.45, 7) is 5.48. The lowest BCUT2D eigenvalue weighted by atomic mass is 9.74. The lowest BCUT2D eigenvalue weighted by molar-refractivity contribution is -0.0747. The second-order valence-electron chi connectivity index (χ2n) is 6.22. The average molecular weight is 279 g/mol. The normalized spacial score (nSPS) is 28.5. The molecule has 0 spiro atoms. The maximum absolute atomic E-state index is 6.03. The first-order chi connectivity index (χ1) is 9.61. The molecule has 1 aliphatic rings. The van der Waals surface area contributed by atoms with Gasteiger partial charge in [-0.25, -0.2) is 4.98 Å². The molecule has 0 aromatic carbocycles. The highest BCUT2D eigenvalue weighted by Crippen LogP contribution is 2.37. The van der Waals surface area contributed by atoms with Gasteiger partial charge in [0.2, 0.25) is 0 Å². The summed E-state index contributed by atoms with van der Waals surface area (Å²) in [4.78, 5) is 4.48. The van der Waals surface area contributed by atoms with Crippen molar-refractivity contribution in [1.82, 2.24) is 14.9 Å². The van der Waals surface area contributed by atoms with E-state index in [-0.39, 0.29) is 5.60 Å². The lowest BCUT2D eigenvalue weighted by Crippen LogP contribution is -2.55. The van der Waals surface area contributed by atoms with Crippen LogP contribution in [-0.2, 0) is 18.2 Å². The van der Waals surface area contributed by atoms with Crippen LogP contribution in [0.4, 0.5) is 0 Å². The van der Waals surface area contributed by atoms with Crippen LogP contribution in [0.1, 0.15) is 45.4 Å². The van der Waals surface area contributed by atoms with Crippen molar-refractivity contribution < 1.29 is 4.74 Å². The van der Waals surface area contributed by atoms with Gasteiger partial charge in [-0.05, 0) is 38.1 Å². The second-order valence-corrected chi connectivity index (χ2v) is 6.22. The highest BCUT2D eigenvalue weighted by atomic mass is 16.5. The van der Waals surface area contributed by atoms with Crippen molar-refractivity contribution in [2.75, 3.05) is 13.7 Å². The van der Waals surface area contributed by atoms with Gasteiger partial charge >= 0.3 is 0 Å². The monoisotopic (exact) mass is 279 g/mol. The molecule has 1 aliphatic carbocycles. The van der Waals surface area contributed by atoms with Crippen molar-refractivity contribution in [3.8, 4) is 0 Å². The molecule has 1 fully saturated rings. The molecule has 2 rings (SSSR count). The van der Waals surface area contributed by atoms with Gasteiger partial charge in [-0.2, -0.15) is 0 Å². The molecule has 0 bridgehead atoms. The van der Waals surface area contributed by atoms with E-state index in [2.05, 4.69) is 35.8 Å². The number of nitrogens with one attached hydrogen (secondary N) is 1. The van der Waals surface area contributed by atoms with E-state index in [1.54, 1.807) is 0 Å². The largest absolute Gasteiger partial charge is 0.377 e. The minimum atomic E-state index is -0.0333. The fourth-order valence-electron chi connectivity index (χ4n) is 3.41. The number of aryl methyl sites for hydroxylation is 1. The van der Waals surface area contributed by atoms with Crippen molar-refractivity contribution in [3.63, 3.8) is 0 Å². The van der Waals surface area contributed by atoms with Crippen LogP contribution in [0.5, 0.6) is 0 Å². The van der Waals surface area contributed by atoms with Crippen molar-refractivity contribution in [3.05, 3.63) is 18.2 Å². The summed E-state index contributed by atoms with van der Waals surface area (Å²) in [5.41, 5.74) is -0.0333. The Labute approximate surface area is 122 Å². The van der Waals surface area contributed by atoms with E-state index in [0.717, 1.165) is 37.5 Å². The standard InChI is InChI=1S/C16H29N3O/c1-5-17-14(12-15-18-10-11-19(15)3)16(20-4)8-6-13(2)7-9-16/h10-11,13-14,17H,5-9,12H2,1-4H3. The summed E-state index contributed by atoms with van der Waals surface area (Å²) in [7, 11) is 3.94. The van der Waals surface area contributed by atoms with Gasteiger partial charge < -0.3 is 14.6 Å². The molecule has 1 atom stereocenters. The Morgan fingerprint density at radius 1 is 1.50 bits per heavy atom. The minimum Gasteiger partial charge on any atom is -0.377 e. The fourth-order valence-corrected chi connectivity index (χ4v) is 3.41. The van der Waals surface area contributed by atoms with Gasteiger partial charge in [0.25, 0.3) is 0 Å². The Bertz CT molecular complexity index is 408. The van der Waals surface area contributed by atoms with Crippen molar-refractivity contribution in [2.45, 2.75) is 57.6 Å². The molecule has 1 aromatic heterocycles. The number of aromatic nitrogens is 2. The quantitative estimate of drug-likeness (QED) is 0.870. The predicted molar refractivity (Wildman–Crippen MR) is 81.7 cm³/mol. The summed E-state index contributed by atoms with van der Waals surface area (Å²) >= 11 is 0. The first-order valence-corrected chi connectivity index (χ1v) is 7.86. The molecule has 114 valence electrons. The number of ether oxygens (including phenoxy) is 1. The van der Waals surface area contributed by atoms with Crippen molar-refractivity contribution >= 4 is 0 Å². The number of rotatable bonds is 6. The van der Waals surface area contributed by atoms with Gasteiger partial charge in [0.05, 0.1) is 5.60 Å². The molecule has 0 aliphatic heterocycles. The first-order valence-electron chi connectivity index (χ1n) is 7.86. The van der Waals surface area contributed by atoms with E-state index in [1.807, 2.05) is 19.5 Å².